The average Bonchev–Trinajstić information content (AvgIpc) is 2.63. The Morgan fingerprint density at radius 2 is 2.17 bits per heavy atom. The van der Waals surface area contributed by atoms with Gasteiger partial charge in [-0.2, -0.15) is 0 Å². The molecule has 2 rings (SSSR count). The molecule has 2 aromatic rings. The number of rotatable bonds is 4. The third-order valence-electron chi connectivity index (χ3n) is 2.67. The van der Waals surface area contributed by atoms with Gasteiger partial charge in [-0.05, 0) is 24.7 Å². The zero-order chi connectivity index (χ0) is 13.3. The molecule has 7 heteroatoms. The smallest absolute Gasteiger partial charge is 0.408 e. The van der Waals surface area contributed by atoms with Crippen molar-refractivity contribution in [1.29, 1.82) is 0 Å². The van der Waals surface area contributed by atoms with E-state index < -0.39 is 15.6 Å². The molecule has 0 saturated heterocycles. The standard InChI is InChI=1S/C11H14N2O4S/c1-12-9(6-18(2,15)16)7-3-4-8-10(5-7)17-11(14)13-8/h3-5,9,12H,6H2,1-2H3,(H,13,14). The predicted molar refractivity (Wildman–Crippen MR) is 68.3 cm³/mol. The zero-order valence-corrected chi connectivity index (χ0v) is 10.9. The summed E-state index contributed by atoms with van der Waals surface area (Å²) in [6.45, 7) is 0. The summed E-state index contributed by atoms with van der Waals surface area (Å²) in [4.78, 5) is 13.6. The van der Waals surface area contributed by atoms with Gasteiger partial charge >= 0.3 is 5.76 Å². The molecule has 1 atom stereocenters. The molecule has 6 nitrogen and oxygen atoms in total. The second-order valence-electron chi connectivity index (χ2n) is 4.20. The topological polar surface area (TPSA) is 92.2 Å². The van der Waals surface area contributed by atoms with Crippen LogP contribution in [0.25, 0.3) is 11.1 Å². The Balaban J connectivity index is 2.42. The lowest BCUT2D eigenvalue weighted by molar-refractivity contribution is 0.553. The normalized spacial score (nSPS) is 13.9. The third-order valence-corrected chi connectivity index (χ3v) is 3.60. The third kappa shape index (κ3) is 2.80. The Kier molecular flexibility index (Phi) is 3.27. The molecular weight excluding hydrogens is 256 g/mol. The van der Waals surface area contributed by atoms with Gasteiger partial charge in [0.05, 0.1) is 11.3 Å². The van der Waals surface area contributed by atoms with Crippen molar-refractivity contribution in [1.82, 2.24) is 10.3 Å². The van der Waals surface area contributed by atoms with Crippen LogP contribution in [0.2, 0.25) is 0 Å². The number of sulfone groups is 1. The van der Waals surface area contributed by atoms with Gasteiger partial charge in [-0.15, -0.1) is 0 Å². The Morgan fingerprint density at radius 1 is 1.44 bits per heavy atom. The van der Waals surface area contributed by atoms with Crippen LogP contribution in [0.3, 0.4) is 0 Å². The summed E-state index contributed by atoms with van der Waals surface area (Å²) in [6, 6.07) is 4.80. The summed E-state index contributed by atoms with van der Waals surface area (Å²) in [5.74, 6) is -0.532. The fourth-order valence-electron chi connectivity index (χ4n) is 1.83. The first kappa shape index (κ1) is 12.8. The molecule has 0 aliphatic rings. The maximum atomic E-state index is 11.3. The van der Waals surface area contributed by atoms with Crippen LogP contribution in [0.1, 0.15) is 11.6 Å². The molecule has 0 radical (unpaired) electrons. The summed E-state index contributed by atoms with van der Waals surface area (Å²) in [7, 11) is -1.41. The lowest BCUT2D eigenvalue weighted by Gasteiger charge is -2.15. The summed E-state index contributed by atoms with van der Waals surface area (Å²) in [5, 5.41) is 2.94. The van der Waals surface area contributed by atoms with Gasteiger partial charge in [0.15, 0.2) is 5.58 Å². The van der Waals surface area contributed by atoms with Crippen molar-refractivity contribution in [2.45, 2.75) is 6.04 Å². The molecule has 0 aliphatic heterocycles. The summed E-state index contributed by atoms with van der Waals surface area (Å²) < 4.78 is 27.6. The van der Waals surface area contributed by atoms with Crippen molar-refractivity contribution in [3.63, 3.8) is 0 Å². The van der Waals surface area contributed by atoms with Crippen LogP contribution in [-0.2, 0) is 9.84 Å². The second-order valence-corrected chi connectivity index (χ2v) is 6.39. The summed E-state index contributed by atoms with van der Waals surface area (Å²) in [6.07, 6.45) is 1.19. The number of oxazole rings is 1. The molecule has 0 spiro atoms. The van der Waals surface area contributed by atoms with Gasteiger partial charge in [0, 0.05) is 12.3 Å². The van der Waals surface area contributed by atoms with Crippen molar-refractivity contribution < 1.29 is 12.8 Å². The van der Waals surface area contributed by atoms with Gasteiger partial charge in [-0.3, -0.25) is 4.98 Å². The minimum absolute atomic E-state index is 0.0103. The molecule has 0 fully saturated rings. The zero-order valence-electron chi connectivity index (χ0n) is 10.1. The quantitative estimate of drug-likeness (QED) is 0.840. The highest BCUT2D eigenvalue weighted by molar-refractivity contribution is 7.90. The van der Waals surface area contributed by atoms with Gasteiger partial charge in [-0.25, -0.2) is 13.2 Å². The average molecular weight is 270 g/mol. The highest BCUT2D eigenvalue weighted by atomic mass is 32.2. The molecule has 1 aromatic heterocycles. The second kappa shape index (κ2) is 4.58. The van der Waals surface area contributed by atoms with Crippen molar-refractivity contribution in [3.8, 4) is 0 Å². The van der Waals surface area contributed by atoms with Gasteiger partial charge in [0.25, 0.3) is 0 Å². The monoisotopic (exact) mass is 270 g/mol. The number of H-pyrrole nitrogens is 1. The van der Waals surface area contributed by atoms with E-state index in [-0.39, 0.29) is 11.8 Å². The molecule has 0 amide bonds. The number of aromatic amines is 1. The molecule has 0 saturated carbocycles. The lowest BCUT2D eigenvalue weighted by atomic mass is 10.1. The van der Waals surface area contributed by atoms with E-state index in [4.69, 9.17) is 4.42 Å². The number of hydrogen-bond acceptors (Lipinski definition) is 5. The fraction of sp³-hybridized carbons (Fsp3) is 0.364. The fourth-order valence-corrected chi connectivity index (χ4v) is 2.79. The molecule has 1 unspecified atom stereocenters. The first-order valence-corrected chi connectivity index (χ1v) is 7.43. The van der Waals surface area contributed by atoms with E-state index in [0.29, 0.717) is 11.1 Å². The van der Waals surface area contributed by atoms with E-state index in [1.54, 1.807) is 25.2 Å². The van der Waals surface area contributed by atoms with Crippen LogP contribution in [-0.4, -0.2) is 32.5 Å². The highest BCUT2D eigenvalue weighted by Crippen LogP contribution is 2.19. The highest BCUT2D eigenvalue weighted by Gasteiger charge is 2.16. The molecular formula is C11H14N2O4S. The van der Waals surface area contributed by atoms with E-state index in [1.807, 2.05) is 0 Å². The molecule has 98 valence electrons. The van der Waals surface area contributed by atoms with E-state index >= 15 is 0 Å². The molecule has 1 heterocycles. The molecule has 1 aromatic carbocycles. The number of benzene rings is 1. The molecule has 0 bridgehead atoms. The Morgan fingerprint density at radius 3 is 2.78 bits per heavy atom. The Labute approximate surface area is 104 Å². The maximum absolute atomic E-state index is 11.3. The van der Waals surface area contributed by atoms with Crippen LogP contribution in [0, 0.1) is 0 Å². The van der Waals surface area contributed by atoms with E-state index in [0.717, 1.165) is 5.56 Å². The number of hydrogen-bond donors (Lipinski definition) is 2. The summed E-state index contributed by atoms with van der Waals surface area (Å²) in [5.41, 5.74) is 1.78. The van der Waals surface area contributed by atoms with Gasteiger partial charge in [-0.1, -0.05) is 6.07 Å². The van der Waals surface area contributed by atoms with Crippen molar-refractivity contribution in [2.24, 2.45) is 0 Å². The largest absolute Gasteiger partial charge is 0.417 e. The Bertz CT molecular complexity index is 714. The van der Waals surface area contributed by atoms with E-state index in [9.17, 15) is 13.2 Å². The van der Waals surface area contributed by atoms with Crippen molar-refractivity contribution >= 4 is 20.9 Å². The van der Waals surface area contributed by atoms with E-state index in [2.05, 4.69) is 10.3 Å². The van der Waals surface area contributed by atoms with Crippen LogP contribution < -0.4 is 11.1 Å². The predicted octanol–water partition coefficient (Wildman–Crippen LogP) is 0.426. The van der Waals surface area contributed by atoms with Crippen molar-refractivity contribution in [3.05, 3.63) is 34.3 Å². The number of aromatic nitrogens is 1. The molecule has 18 heavy (non-hydrogen) atoms. The van der Waals surface area contributed by atoms with Crippen molar-refractivity contribution in [2.75, 3.05) is 19.1 Å². The lowest BCUT2D eigenvalue weighted by Crippen LogP contribution is -2.24. The van der Waals surface area contributed by atoms with E-state index in [1.165, 1.54) is 6.26 Å². The first-order valence-electron chi connectivity index (χ1n) is 5.37. The van der Waals surface area contributed by atoms with Crippen LogP contribution in [0.4, 0.5) is 0 Å². The van der Waals surface area contributed by atoms with Crippen LogP contribution in [0.15, 0.2) is 27.4 Å². The SMILES string of the molecule is CNC(CS(C)(=O)=O)c1ccc2[nH]c(=O)oc2c1. The summed E-state index contributed by atoms with van der Waals surface area (Å²) >= 11 is 0. The van der Waals surface area contributed by atoms with Crippen LogP contribution >= 0.6 is 0 Å². The molecule has 0 aliphatic carbocycles. The Hall–Kier alpha value is -1.60. The number of fused-ring (bicyclic) bond motifs is 1. The maximum Gasteiger partial charge on any atom is 0.417 e. The van der Waals surface area contributed by atoms with Crippen LogP contribution in [0.5, 0.6) is 0 Å². The minimum atomic E-state index is -3.09. The first-order chi connectivity index (χ1) is 8.39. The van der Waals surface area contributed by atoms with Gasteiger partial charge in [0.1, 0.15) is 9.84 Å². The number of nitrogens with one attached hydrogen (secondary N) is 2. The van der Waals surface area contributed by atoms with Gasteiger partial charge in [0.2, 0.25) is 0 Å². The minimum Gasteiger partial charge on any atom is -0.408 e. The van der Waals surface area contributed by atoms with Gasteiger partial charge < -0.3 is 9.73 Å². The molecule has 2 N–H and O–H groups in total.